The molecule has 6 N–H and O–H groups in total. The first-order valence-electron chi connectivity index (χ1n) is 11.8. The van der Waals surface area contributed by atoms with Gasteiger partial charge in [0.15, 0.2) is 0 Å². The van der Waals surface area contributed by atoms with Crippen LogP contribution in [0.5, 0.6) is 0 Å². The normalized spacial score (nSPS) is 13.9. The van der Waals surface area contributed by atoms with Crippen LogP contribution in [0, 0.1) is 0 Å². The Kier molecular flexibility index (Phi) is 21.3. The number of hydrogen-bond donors (Lipinski definition) is 5. The van der Waals surface area contributed by atoms with Crippen molar-refractivity contribution in [3.05, 3.63) is 0 Å². The molecule has 0 radical (unpaired) electrons. The molecule has 0 saturated carbocycles. The molecule has 0 spiro atoms. The number of aliphatic hydroxyl groups excluding tert-OH is 2. The summed E-state index contributed by atoms with van der Waals surface area (Å²) in [5.74, 6) is 0. The average Bonchev–Trinajstić information content (AvgIpc) is 2.68. The maximum Gasteiger partial charge on any atom is 0.0667 e. The number of nitrogens with two attached hydrogens (primary N) is 1. The first kappa shape index (κ1) is 27.8. The lowest BCUT2D eigenvalue weighted by Gasteiger charge is -2.27. The third kappa shape index (κ3) is 19.1. The largest absolute Gasteiger partial charge is 0.392 e. The van der Waals surface area contributed by atoms with Crippen molar-refractivity contribution >= 4 is 0 Å². The summed E-state index contributed by atoms with van der Waals surface area (Å²) in [5, 5.41) is 27.5. The minimum Gasteiger partial charge on any atom is -0.392 e. The molecule has 0 aromatic carbocycles. The summed E-state index contributed by atoms with van der Waals surface area (Å²) in [7, 11) is 0. The van der Waals surface area contributed by atoms with Crippen molar-refractivity contribution in [3.8, 4) is 0 Å². The van der Waals surface area contributed by atoms with Crippen molar-refractivity contribution < 1.29 is 10.2 Å². The molecule has 0 aliphatic carbocycles. The van der Waals surface area contributed by atoms with Crippen LogP contribution in [0.1, 0.15) is 78.1 Å². The third-order valence-corrected chi connectivity index (χ3v) is 5.12. The van der Waals surface area contributed by atoms with Gasteiger partial charge in [0.25, 0.3) is 0 Å². The molecule has 2 atom stereocenters. The van der Waals surface area contributed by atoms with Crippen molar-refractivity contribution in [2.24, 2.45) is 5.73 Å². The minimum atomic E-state index is -0.296. The molecule has 170 valence electrons. The molecule has 6 heteroatoms. The number of aliphatic hydroxyl groups is 2. The number of unbranched alkanes of at least 4 members (excludes halogenated alkanes) is 6. The summed E-state index contributed by atoms with van der Waals surface area (Å²) in [4.78, 5) is 2.23. The predicted molar refractivity (Wildman–Crippen MR) is 121 cm³/mol. The number of hydrogen-bond acceptors (Lipinski definition) is 6. The van der Waals surface area contributed by atoms with Gasteiger partial charge >= 0.3 is 0 Å². The molecule has 0 aromatic heterocycles. The molecule has 0 heterocycles. The molecule has 0 bridgehead atoms. The molecule has 0 aromatic rings. The Labute approximate surface area is 174 Å². The summed E-state index contributed by atoms with van der Waals surface area (Å²) < 4.78 is 0. The van der Waals surface area contributed by atoms with E-state index in [1.807, 2.05) is 0 Å². The van der Waals surface area contributed by atoms with Crippen LogP contribution in [0.25, 0.3) is 0 Å². The van der Waals surface area contributed by atoms with Gasteiger partial charge in [0.2, 0.25) is 0 Å². The van der Waals surface area contributed by atoms with Crippen LogP contribution in [-0.4, -0.2) is 79.7 Å². The Bertz CT molecular complexity index is 288. The zero-order valence-electron chi connectivity index (χ0n) is 18.8. The Hall–Kier alpha value is -0.240. The molecule has 0 saturated heterocycles. The Morgan fingerprint density at radius 2 is 1.21 bits per heavy atom. The zero-order valence-corrected chi connectivity index (χ0v) is 18.8. The van der Waals surface area contributed by atoms with E-state index in [-0.39, 0.29) is 12.2 Å². The number of rotatable bonds is 22. The van der Waals surface area contributed by atoms with E-state index < -0.39 is 0 Å². The van der Waals surface area contributed by atoms with Gasteiger partial charge in [-0.3, -0.25) is 4.90 Å². The van der Waals surface area contributed by atoms with E-state index in [0.717, 1.165) is 58.4 Å². The molecule has 2 unspecified atom stereocenters. The monoisotopic (exact) mass is 402 g/mol. The van der Waals surface area contributed by atoms with Crippen LogP contribution in [0.4, 0.5) is 0 Å². The SMILES string of the molecule is CCCCCCC(O)CN(CCNCCNCCN)CC(O)CCCCCC. The van der Waals surface area contributed by atoms with Gasteiger partial charge in [0.1, 0.15) is 0 Å². The number of nitrogens with zero attached hydrogens (tertiary/aromatic N) is 1. The molecular formula is C22H50N4O2. The second-order valence-corrected chi connectivity index (χ2v) is 8.05. The molecule has 0 aliphatic rings. The van der Waals surface area contributed by atoms with Crippen LogP contribution in [0.15, 0.2) is 0 Å². The summed E-state index contributed by atoms with van der Waals surface area (Å²) in [6, 6.07) is 0. The van der Waals surface area contributed by atoms with Gasteiger partial charge in [-0.05, 0) is 12.8 Å². The minimum absolute atomic E-state index is 0.296. The van der Waals surface area contributed by atoms with Crippen molar-refractivity contribution in [2.75, 3.05) is 52.4 Å². The van der Waals surface area contributed by atoms with E-state index in [1.54, 1.807) is 0 Å². The van der Waals surface area contributed by atoms with E-state index in [4.69, 9.17) is 5.73 Å². The van der Waals surface area contributed by atoms with Crippen molar-refractivity contribution in [2.45, 2.75) is 90.3 Å². The van der Waals surface area contributed by atoms with Crippen LogP contribution < -0.4 is 16.4 Å². The van der Waals surface area contributed by atoms with E-state index in [2.05, 4.69) is 29.4 Å². The van der Waals surface area contributed by atoms with Gasteiger partial charge in [-0.25, -0.2) is 0 Å². The maximum atomic E-state index is 10.4. The fourth-order valence-electron chi connectivity index (χ4n) is 3.42. The molecule has 0 fully saturated rings. The molecular weight excluding hydrogens is 352 g/mol. The molecule has 28 heavy (non-hydrogen) atoms. The second-order valence-electron chi connectivity index (χ2n) is 8.05. The van der Waals surface area contributed by atoms with E-state index in [9.17, 15) is 10.2 Å². The summed E-state index contributed by atoms with van der Waals surface area (Å²) >= 11 is 0. The Morgan fingerprint density at radius 1 is 0.714 bits per heavy atom. The van der Waals surface area contributed by atoms with Gasteiger partial charge < -0.3 is 26.6 Å². The quantitative estimate of drug-likeness (QED) is 0.178. The smallest absolute Gasteiger partial charge is 0.0667 e. The molecule has 6 nitrogen and oxygen atoms in total. The summed E-state index contributed by atoms with van der Waals surface area (Å²) in [5.41, 5.74) is 5.47. The van der Waals surface area contributed by atoms with E-state index in [0.29, 0.717) is 19.6 Å². The van der Waals surface area contributed by atoms with Crippen LogP contribution >= 0.6 is 0 Å². The van der Waals surface area contributed by atoms with Crippen LogP contribution in [-0.2, 0) is 0 Å². The highest BCUT2D eigenvalue weighted by molar-refractivity contribution is 4.71. The standard InChI is InChI=1S/C22H50N4O2/c1-3-5-7-9-11-21(27)19-26(18-17-25-16-15-24-14-13-23)20-22(28)12-10-8-6-4-2/h21-22,24-25,27-28H,3-20,23H2,1-2H3. The van der Waals surface area contributed by atoms with E-state index in [1.165, 1.54) is 38.5 Å². The van der Waals surface area contributed by atoms with Gasteiger partial charge in [0, 0.05) is 52.4 Å². The first-order valence-corrected chi connectivity index (χ1v) is 11.8. The third-order valence-electron chi connectivity index (χ3n) is 5.12. The Morgan fingerprint density at radius 3 is 1.68 bits per heavy atom. The highest BCUT2D eigenvalue weighted by atomic mass is 16.3. The van der Waals surface area contributed by atoms with Gasteiger partial charge in [-0.15, -0.1) is 0 Å². The average molecular weight is 403 g/mol. The van der Waals surface area contributed by atoms with Crippen LogP contribution in [0.3, 0.4) is 0 Å². The molecule has 0 amide bonds. The molecule has 0 aliphatic heterocycles. The molecule has 0 rings (SSSR count). The second kappa shape index (κ2) is 21.5. The lowest BCUT2D eigenvalue weighted by molar-refractivity contribution is 0.0611. The predicted octanol–water partition coefficient (Wildman–Crippen LogP) is 2.09. The van der Waals surface area contributed by atoms with Gasteiger partial charge in [0.05, 0.1) is 12.2 Å². The summed E-state index contributed by atoms with van der Waals surface area (Å²) in [6.07, 6.45) is 10.6. The van der Waals surface area contributed by atoms with Gasteiger partial charge in [-0.1, -0.05) is 65.2 Å². The fourth-order valence-corrected chi connectivity index (χ4v) is 3.42. The first-order chi connectivity index (χ1) is 13.6. The Balaban J connectivity index is 4.17. The van der Waals surface area contributed by atoms with E-state index >= 15 is 0 Å². The fraction of sp³-hybridized carbons (Fsp3) is 1.00. The van der Waals surface area contributed by atoms with Crippen molar-refractivity contribution in [1.29, 1.82) is 0 Å². The maximum absolute atomic E-state index is 10.4. The number of nitrogens with one attached hydrogen (secondary N) is 2. The highest BCUT2D eigenvalue weighted by Gasteiger charge is 2.15. The van der Waals surface area contributed by atoms with Crippen LogP contribution in [0.2, 0.25) is 0 Å². The highest BCUT2D eigenvalue weighted by Crippen LogP contribution is 2.10. The topological polar surface area (TPSA) is 93.8 Å². The lowest BCUT2D eigenvalue weighted by Crippen LogP contribution is -2.42. The van der Waals surface area contributed by atoms with Gasteiger partial charge in [-0.2, -0.15) is 0 Å². The lowest BCUT2D eigenvalue weighted by atomic mass is 10.1. The van der Waals surface area contributed by atoms with Crippen molar-refractivity contribution in [1.82, 2.24) is 15.5 Å². The van der Waals surface area contributed by atoms with Crippen molar-refractivity contribution in [3.63, 3.8) is 0 Å². The summed E-state index contributed by atoms with van der Waals surface area (Å²) in [6.45, 7) is 10.8. The zero-order chi connectivity index (χ0) is 20.9.